The highest BCUT2D eigenvalue weighted by atomic mass is 35.5. The maximum absolute atomic E-state index is 5.76. The van der Waals surface area contributed by atoms with Crippen molar-refractivity contribution in [3.05, 3.63) is 28.8 Å². The van der Waals surface area contributed by atoms with Crippen LogP contribution >= 0.6 is 11.6 Å². The number of hydrogen-bond donors (Lipinski definition) is 0. The van der Waals surface area contributed by atoms with E-state index in [2.05, 4.69) is 10.5 Å². The first kappa shape index (κ1) is 6.68. The molecule has 0 amide bonds. The topological polar surface area (TPSA) is 26.5 Å². The molecule has 0 unspecified atom stereocenters. The first-order chi connectivity index (χ1) is 5.27. The van der Waals surface area contributed by atoms with E-state index >= 15 is 0 Å². The molecule has 0 atom stereocenters. The lowest BCUT2D eigenvalue weighted by Gasteiger charge is -1.95. The molecular weight excluding hydrogens is 160 g/mol. The van der Waals surface area contributed by atoms with Crippen LogP contribution in [0.15, 0.2) is 23.3 Å². The van der Waals surface area contributed by atoms with Crippen LogP contribution in [0.3, 0.4) is 0 Å². The van der Waals surface area contributed by atoms with Gasteiger partial charge in [-0.15, -0.1) is 0 Å². The lowest BCUT2D eigenvalue weighted by molar-refractivity contribution is 0.986. The predicted octanol–water partition coefficient (Wildman–Crippen LogP) is 2.31. The van der Waals surface area contributed by atoms with E-state index < -0.39 is 0 Å². The molecule has 0 saturated heterocycles. The van der Waals surface area contributed by atoms with Crippen LogP contribution in [-0.2, 0) is 0 Å². The van der Waals surface area contributed by atoms with Gasteiger partial charge in [-0.05, 0) is 25.1 Å². The SMILES string of the molecule is CC1=N[N]c2cc(Cl)ccc21. The molecule has 11 heavy (non-hydrogen) atoms. The highest BCUT2D eigenvalue weighted by Gasteiger charge is 2.12. The molecule has 2 nitrogen and oxygen atoms in total. The summed E-state index contributed by atoms with van der Waals surface area (Å²) in [6.07, 6.45) is 0. The third-order valence-corrected chi connectivity index (χ3v) is 1.89. The highest BCUT2D eigenvalue weighted by Crippen LogP contribution is 2.25. The molecule has 0 spiro atoms. The van der Waals surface area contributed by atoms with Crippen molar-refractivity contribution in [2.75, 3.05) is 0 Å². The fourth-order valence-electron chi connectivity index (χ4n) is 1.08. The first-order valence-electron chi connectivity index (χ1n) is 3.32. The summed E-state index contributed by atoms with van der Waals surface area (Å²) in [5, 5.41) is 4.63. The molecule has 1 aliphatic rings. The standard InChI is InChI=1S/C8H6ClN2/c1-5-7-3-2-6(9)4-8(7)11-10-5/h2-4H,1H3. The lowest BCUT2D eigenvalue weighted by Crippen LogP contribution is -1.87. The molecule has 3 heteroatoms. The largest absolute Gasteiger partial charge is 0.155 e. The van der Waals surface area contributed by atoms with E-state index in [0.717, 1.165) is 17.0 Å². The molecule has 0 fully saturated rings. The van der Waals surface area contributed by atoms with Crippen molar-refractivity contribution in [2.45, 2.75) is 6.92 Å². The smallest absolute Gasteiger partial charge is 0.0962 e. The molecule has 0 N–H and O–H groups in total. The van der Waals surface area contributed by atoms with Gasteiger partial charge >= 0.3 is 0 Å². The predicted molar refractivity (Wildman–Crippen MR) is 45.5 cm³/mol. The minimum atomic E-state index is 0.706. The van der Waals surface area contributed by atoms with E-state index in [1.165, 1.54) is 0 Å². The molecule has 0 aromatic heterocycles. The minimum Gasteiger partial charge on any atom is -0.155 e. The Hall–Kier alpha value is -1.02. The molecule has 0 bridgehead atoms. The molecule has 0 saturated carbocycles. The normalized spacial score (nSPS) is 13.8. The average Bonchev–Trinajstić information content (AvgIpc) is 2.32. The Morgan fingerprint density at radius 2 is 2.18 bits per heavy atom. The van der Waals surface area contributed by atoms with Crippen molar-refractivity contribution >= 4 is 23.0 Å². The number of halogens is 1. The van der Waals surface area contributed by atoms with Gasteiger partial charge in [-0.2, -0.15) is 10.5 Å². The number of benzene rings is 1. The number of hydrogen-bond acceptors (Lipinski definition) is 1. The Morgan fingerprint density at radius 3 is 3.00 bits per heavy atom. The monoisotopic (exact) mass is 165 g/mol. The van der Waals surface area contributed by atoms with Crippen LogP contribution in [0, 0.1) is 0 Å². The van der Waals surface area contributed by atoms with Gasteiger partial charge in [-0.3, -0.25) is 0 Å². The fourth-order valence-corrected chi connectivity index (χ4v) is 1.24. The van der Waals surface area contributed by atoms with Crippen molar-refractivity contribution in [3.8, 4) is 0 Å². The quantitative estimate of drug-likeness (QED) is 0.564. The van der Waals surface area contributed by atoms with Gasteiger partial charge in [-0.1, -0.05) is 11.6 Å². The Kier molecular flexibility index (Phi) is 1.36. The number of fused-ring (bicyclic) bond motifs is 1. The van der Waals surface area contributed by atoms with Gasteiger partial charge in [0.25, 0.3) is 0 Å². The molecule has 1 heterocycles. The van der Waals surface area contributed by atoms with Gasteiger partial charge in [-0.25, -0.2) is 0 Å². The van der Waals surface area contributed by atoms with Gasteiger partial charge in [0.15, 0.2) is 0 Å². The molecule has 2 rings (SSSR count). The number of nitrogens with zero attached hydrogens (tertiary/aromatic N) is 2. The lowest BCUT2D eigenvalue weighted by atomic mass is 10.1. The third-order valence-electron chi connectivity index (χ3n) is 1.66. The van der Waals surface area contributed by atoms with Gasteiger partial charge in [0, 0.05) is 10.6 Å². The summed E-state index contributed by atoms with van der Waals surface area (Å²) >= 11 is 5.76. The van der Waals surface area contributed by atoms with Crippen molar-refractivity contribution in [1.82, 2.24) is 5.43 Å². The second-order valence-electron chi connectivity index (χ2n) is 2.45. The summed E-state index contributed by atoms with van der Waals surface area (Å²) in [5.41, 5.74) is 6.85. The molecule has 1 aromatic carbocycles. The number of rotatable bonds is 0. The van der Waals surface area contributed by atoms with Gasteiger partial charge in [0.1, 0.15) is 0 Å². The second kappa shape index (κ2) is 2.24. The van der Waals surface area contributed by atoms with E-state index in [9.17, 15) is 0 Å². The van der Waals surface area contributed by atoms with E-state index in [0.29, 0.717) is 5.02 Å². The maximum atomic E-state index is 5.76. The van der Waals surface area contributed by atoms with Crippen LogP contribution in [0.5, 0.6) is 0 Å². The summed E-state index contributed by atoms with van der Waals surface area (Å²) < 4.78 is 0. The zero-order valence-corrected chi connectivity index (χ0v) is 6.76. The maximum Gasteiger partial charge on any atom is 0.0962 e. The van der Waals surface area contributed by atoms with Crippen molar-refractivity contribution in [3.63, 3.8) is 0 Å². The van der Waals surface area contributed by atoms with Gasteiger partial charge in [0.2, 0.25) is 0 Å². The minimum absolute atomic E-state index is 0.706. The van der Waals surface area contributed by atoms with E-state index in [1.54, 1.807) is 0 Å². The van der Waals surface area contributed by atoms with E-state index in [1.807, 2.05) is 25.1 Å². The fraction of sp³-hybridized carbons (Fsp3) is 0.125. The summed E-state index contributed by atoms with van der Waals surface area (Å²) in [6.45, 7) is 1.93. The van der Waals surface area contributed by atoms with Gasteiger partial charge < -0.3 is 0 Å². The van der Waals surface area contributed by atoms with Crippen LogP contribution in [0.1, 0.15) is 12.5 Å². The Bertz CT molecular complexity index is 331. The molecule has 0 aliphatic carbocycles. The first-order valence-corrected chi connectivity index (χ1v) is 3.70. The van der Waals surface area contributed by atoms with Crippen molar-refractivity contribution < 1.29 is 0 Å². The van der Waals surface area contributed by atoms with Crippen LogP contribution < -0.4 is 5.43 Å². The second-order valence-corrected chi connectivity index (χ2v) is 2.88. The summed E-state index contributed by atoms with van der Waals surface area (Å²) in [4.78, 5) is 0. The molecule has 1 aromatic rings. The molecule has 55 valence electrons. The Balaban J connectivity index is 2.58. The molecule has 1 aliphatic heterocycles. The molecule has 1 radical (unpaired) electrons. The van der Waals surface area contributed by atoms with E-state index in [4.69, 9.17) is 11.6 Å². The van der Waals surface area contributed by atoms with Gasteiger partial charge in [0.05, 0.1) is 11.4 Å². The Morgan fingerprint density at radius 1 is 1.36 bits per heavy atom. The zero-order valence-electron chi connectivity index (χ0n) is 6.00. The Labute approximate surface area is 69.9 Å². The summed E-state index contributed by atoms with van der Waals surface area (Å²) in [7, 11) is 0. The van der Waals surface area contributed by atoms with Crippen LogP contribution in [0.4, 0.5) is 5.69 Å². The van der Waals surface area contributed by atoms with Crippen LogP contribution in [0.2, 0.25) is 5.02 Å². The summed E-state index contributed by atoms with van der Waals surface area (Å²) in [6, 6.07) is 5.60. The highest BCUT2D eigenvalue weighted by molar-refractivity contribution is 6.31. The van der Waals surface area contributed by atoms with Crippen LogP contribution in [-0.4, -0.2) is 5.71 Å². The van der Waals surface area contributed by atoms with Crippen molar-refractivity contribution in [2.24, 2.45) is 5.10 Å². The summed E-state index contributed by atoms with van der Waals surface area (Å²) in [5.74, 6) is 0. The van der Waals surface area contributed by atoms with Crippen molar-refractivity contribution in [1.29, 1.82) is 0 Å². The zero-order chi connectivity index (χ0) is 7.84. The molecular formula is C8H6ClN2. The third kappa shape index (κ3) is 0.994. The van der Waals surface area contributed by atoms with Crippen LogP contribution in [0.25, 0.3) is 0 Å². The average molecular weight is 166 g/mol. The van der Waals surface area contributed by atoms with E-state index in [-0.39, 0.29) is 0 Å².